The van der Waals surface area contributed by atoms with Gasteiger partial charge in [-0.25, -0.2) is 13.6 Å². The van der Waals surface area contributed by atoms with Crippen molar-refractivity contribution in [1.29, 1.82) is 5.26 Å². The van der Waals surface area contributed by atoms with Crippen molar-refractivity contribution in [2.75, 3.05) is 23.7 Å². The second kappa shape index (κ2) is 6.37. The molecule has 1 heterocycles. The molecule has 0 unspecified atom stereocenters. The first-order valence-corrected chi connectivity index (χ1v) is 8.68. The van der Waals surface area contributed by atoms with Crippen molar-refractivity contribution in [2.45, 2.75) is 19.0 Å². The van der Waals surface area contributed by atoms with E-state index < -0.39 is 21.8 Å². The number of benzene rings is 1. The summed E-state index contributed by atoms with van der Waals surface area (Å²) in [5, 5.41) is 13.8. The minimum Gasteiger partial charge on any atom is -0.371 e. The lowest BCUT2D eigenvalue weighted by molar-refractivity contribution is -0.137. The third-order valence-corrected chi connectivity index (χ3v) is 4.79. The van der Waals surface area contributed by atoms with Crippen LogP contribution in [0.25, 0.3) is 0 Å². The Morgan fingerprint density at radius 1 is 1.30 bits per heavy atom. The zero-order chi connectivity index (χ0) is 17.3. The van der Waals surface area contributed by atoms with E-state index in [1.165, 1.54) is 12.1 Å². The summed E-state index contributed by atoms with van der Waals surface area (Å²) in [5.74, 6) is -0.297. The van der Waals surface area contributed by atoms with E-state index in [-0.39, 0.29) is 22.9 Å². The summed E-state index contributed by atoms with van der Waals surface area (Å²) >= 11 is 0. The number of anilines is 1. The van der Waals surface area contributed by atoms with Crippen LogP contribution in [0.3, 0.4) is 0 Å². The van der Waals surface area contributed by atoms with Crippen LogP contribution in [0.5, 0.6) is 0 Å². The lowest BCUT2D eigenvalue weighted by atomic mass is 9.97. The van der Waals surface area contributed by atoms with Gasteiger partial charge in [-0.05, 0) is 37.0 Å². The first-order valence-electron chi connectivity index (χ1n) is 6.97. The van der Waals surface area contributed by atoms with E-state index in [0.29, 0.717) is 25.9 Å². The highest BCUT2D eigenvalue weighted by Crippen LogP contribution is 2.38. The number of piperidine rings is 1. The second-order valence-electron chi connectivity index (χ2n) is 5.60. The Labute approximate surface area is 132 Å². The van der Waals surface area contributed by atoms with Gasteiger partial charge in [-0.1, -0.05) is 0 Å². The van der Waals surface area contributed by atoms with Gasteiger partial charge in [0.25, 0.3) is 0 Å². The first-order chi connectivity index (χ1) is 10.6. The highest BCUT2D eigenvalue weighted by molar-refractivity contribution is 7.89. The molecule has 0 bridgehead atoms. The number of sulfonamides is 1. The molecule has 2 N–H and O–H groups in total. The van der Waals surface area contributed by atoms with E-state index in [0.717, 1.165) is 6.07 Å². The average molecular weight is 347 g/mol. The molecular weight excluding hydrogens is 331 g/mol. The van der Waals surface area contributed by atoms with Gasteiger partial charge in [0.15, 0.2) is 0 Å². The monoisotopic (exact) mass is 347 g/mol. The lowest BCUT2D eigenvalue weighted by Gasteiger charge is -2.34. The minimum absolute atomic E-state index is 0.0190. The molecule has 0 saturated carbocycles. The third kappa shape index (κ3) is 4.59. The van der Waals surface area contributed by atoms with E-state index in [4.69, 9.17) is 10.4 Å². The number of hydrogen-bond acceptors (Lipinski definition) is 4. The minimum atomic E-state index is -4.56. The molecule has 2 rings (SSSR count). The van der Waals surface area contributed by atoms with Crippen LogP contribution in [0, 0.1) is 17.2 Å². The molecule has 1 aromatic rings. The van der Waals surface area contributed by atoms with Gasteiger partial charge in [0.05, 0.1) is 22.9 Å². The molecular formula is C14H16F3N3O2S. The normalized spacial score (nSPS) is 17.1. The van der Waals surface area contributed by atoms with E-state index in [9.17, 15) is 21.6 Å². The largest absolute Gasteiger partial charge is 0.418 e. The quantitative estimate of drug-likeness (QED) is 0.907. The van der Waals surface area contributed by atoms with Crippen LogP contribution < -0.4 is 10.0 Å². The molecule has 126 valence electrons. The van der Waals surface area contributed by atoms with E-state index in [1.807, 2.05) is 0 Å². The number of rotatable bonds is 3. The van der Waals surface area contributed by atoms with Crippen molar-refractivity contribution in [3.63, 3.8) is 0 Å². The summed E-state index contributed by atoms with van der Waals surface area (Å²) in [4.78, 5) is 1.57. The van der Waals surface area contributed by atoms with Gasteiger partial charge >= 0.3 is 6.18 Å². The Bertz CT molecular complexity index is 718. The zero-order valence-electron chi connectivity index (χ0n) is 12.2. The molecule has 0 aliphatic carbocycles. The number of alkyl halides is 3. The number of nitrogens with two attached hydrogens (primary N) is 1. The Balaban J connectivity index is 2.19. The molecule has 23 heavy (non-hydrogen) atoms. The van der Waals surface area contributed by atoms with Gasteiger partial charge in [-0.15, -0.1) is 0 Å². The van der Waals surface area contributed by atoms with Crippen LogP contribution in [-0.4, -0.2) is 27.3 Å². The molecule has 1 aromatic carbocycles. The van der Waals surface area contributed by atoms with Crippen LogP contribution in [0.2, 0.25) is 0 Å². The van der Waals surface area contributed by atoms with Crippen molar-refractivity contribution in [1.82, 2.24) is 0 Å². The zero-order valence-corrected chi connectivity index (χ0v) is 13.0. The van der Waals surface area contributed by atoms with Gasteiger partial charge in [0, 0.05) is 18.8 Å². The maximum absolute atomic E-state index is 13.2. The summed E-state index contributed by atoms with van der Waals surface area (Å²) in [5.41, 5.74) is -0.878. The van der Waals surface area contributed by atoms with Crippen molar-refractivity contribution in [3.05, 3.63) is 29.3 Å². The average Bonchev–Trinajstić information content (AvgIpc) is 2.45. The van der Waals surface area contributed by atoms with Crippen LogP contribution in [0.4, 0.5) is 18.9 Å². The molecule has 0 aromatic heterocycles. The fourth-order valence-electron chi connectivity index (χ4n) is 2.78. The summed E-state index contributed by atoms with van der Waals surface area (Å²) in [6.07, 6.45) is -3.65. The molecule has 1 fully saturated rings. The summed E-state index contributed by atoms with van der Waals surface area (Å²) in [6, 6.07) is 5.18. The highest BCUT2D eigenvalue weighted by Gasteiger charge is 2.36. The molecule has 0 radical (unpaired) electrons. The maximum atomic E-state index is 13.2. The fourth-order valence-corrected chi connectivity index (χ4v) is 3.77. The number of nitriles is 1. The number of halogens is 3. The molecule has 5 nitrogen and oxygen atoms in total. The molecule has 0 atom stereocenters. The number of primary sulfonamides is 1. The van der Waals surface area contributed by atoms with Crippen molar-refractivity contribution in [2.24, 2.45) is 11.1 Å². The number of nitrogens with zero attached hydrogens (tertiary/aromatic N) is 2. The molecule has 1 aliphatic rings. The van der Waals surface area contributed by atoms with Crippen molar-refractivity contribution >= 4 is 15.7 Å². The Hall–Kier alpha value is -1.79. The van der Waals surface area contributed by atoms with Gasteiger partial charge in [-0.3, -0.25) is 0 Å². The smallest absolute Gasteiger partial charge is 0.371 e. The Morgan fingerprint density at radius 2 is 1.91 bits per heavy atom. The van der Waals surface area contributed by atoms with Crippen LogP contribution in [0.1, 0.15) is 24.0 Å². The fraction of sp³-hybridized carbons (Fsp3) is 0.500. The van der Waals surface area contributed by atoms with Gasteiger partial charge in [0.2, 0.25) is 10.0 Å². The van der Waals surface area contributed by atoms with Crippen molar-refractivity contribution < 1.29 is 21.6 Å². The molecule has 1 aliphatic heterocycles. The summed E-state index contributed by atoms with van der Waals surface area (Å²) in [7, 11) is -3.58. The summed E-state index contributed by atoms with van der Waals surface area (Å²) < 4.78 is 61.7. The van der Waals surface area contributed by atoms with Crippen LogP contribution in [0.15, 0.2) is 18.2 Å². The number of hydrogen-bond donors (Lipinski definition) is 1. The predicted molar refractivity (Wildman–Crippen MR) is 79.1 cm³/mol. The standard InChI is InChI=1S/C14H16F3N3O2S/c15-14(16,17)12-7-11(8-18)1-2-13(12)20-5-3-10(4-6-20)9-23(19,21)22/h1-2,7,10H,3-6,9H2,(H2,19,21,22). The molecule has 9 heteroatoms. The molecule has 1 saturated heterocycles. The predicted octanol–water partition coefficient (Wildman–Crippen LogP) is 2.08. The maximum Gasteiger partial charge on any atom is 0.418 e. The molecule has 0 spiro atoms. The Kier molecular flexibility index (Phi) is 4.87. The lowest BCUT2D eigenvalue weighted by Crippen LogP contribution is -2.38. The summed E-state index contributed by atoms with van der Waals surface area (Å²) in [6.45, 7) is 0.629. The van der Waals surface area contributed by atoms with E-state index in [1.54, 1.807) is 11.0 Å². The first kappa shape index (κ1) is 17.6. The van der Waals surface area contributed by atoms with Crippen LogP contribution >= 0.6 is 0 Å². The van der Waals surface area contributed by atoms with Gasteiger partial charge in [-0.2, -0.15) is 18.4 Å². The third-order valence-electron chi connectivity index (χ3n) is 3.85. The van der Waals surface area contributed by atoms with Gasteiger partial charge in [0.1, 0.15) is 0 Å². The van der Waals surface area contributed by atoms with E-state index >= 15 is 0 Å². The second-order valence-corrected chi connectivity index (χ2v) is 7.26. The SMILES string of the molecule is N#Cc1ccc(N2CCC(CS(N)(=O)=O)CC2)c(C(F)(F)F)c1. The van der Waals surface area contributed by atoms with Gasteiger partial charge < -0.3 is 4.90 Å². The molecule has 0 amide bonds. The van der Waals surface area contributed by atoms with Crippen LogP contribution in [-0.2, 0) is 16.2 Å². The van der Waals surface area contributed by atoms with Crippen molar-refractivity contribution in [3.8, 4) is 6.07 Å². The highest BCUT2D eigenvalue weighted by atomic mass is 32.2. The topological polar surface area (TPSA) is 87.2 Å². The Morgan fingerprint density at radius 3 is 2.39 bits per heavy atom. The van der Waals surface area contributed by atoms with E-state index in [2.05, 4.69) is 0 Å².